The molecule has 0 bridgehead atoms. The van der Waals surface area contributed by atoms with Crippen LogP contribution in [0.25, 0.3) is 0 Å². The molecule has 1 saturated heterocycles. The standard InChI is InChI=1S/C33H34ClF3N4O5S/c1-47(44,45)41-20-32(26-4-2-3-5-29(26)41)12-14-40(15-13-32)31(43)28(16-21-6-9-24(34)10-7-21)39-30(42)27-18-22-8-11-25(46-33(35,36)37)17-23(22)19-38-27/h2-11,17,27-28,38H,12-16,18-20H2,1H3,(H,39,42)/t27-,28-/m0/s1. The van der Waals surface area contributed by atoms with Crippen LogP contribution < -0.4 is 19.7 Å². The van der Waals surface area contributed by atoms with Crippen molar-refractivity contribution in [3.8, 4) is 5.75 Å². The Balaban J connectivity index is 1.16. The van der Waals surface area contributed by atoms with Gasteiger partial charge in [0.25, 0.3) is 0 Å². The van der Waals surface area contributed by atoms with Crippen LogP contribution in [0.15, 0.2) is 66.7 Å². The highest BCUT2D eigenvalue weighted by atomic mass is 35.5. The Hall–Kier alpha value is -3.81. The summed E-state index contributed by atoms with van der Waals surface area (Å²) in [6.45, 7) is 1.24. The predicted molar refractivity (Wildman–Crippen MR) is 171 cm³/mol. The Morgan fingerprint density at radius 3 is 2.45 bits per heavy atom. The molecule has 9 nitrogen and oxygen atoms in total. The van der Waals surface area contributed by atoms with Gasteiger partial charge in [0.15, 0.2) is 0 Å². The molecule has 0 unspecified atom stereocenters. The van der Waals surface area contributed by atoms with E-state index in [1.165, 1.54) is 28.8 Å². The molecule has 1 fully saturated rings. The molecule has 3 heterocycles. The van der Waals surface area contributed by atoms with Crippen LogP contribution in [-0.4, -0.2) is 69.5 Å². The zero-order valence-electron chi connectivity index (χ0n) is 25.5. The number of nitrogens with one attached hydrogen (secondary N) is 2. The second kappa shape index (κ2) is 12.7. The van der Waals surface area contributed by atoms with Crippen LogP contribution in [0.5, 0.6) is 5.75 Å². The number of anilines is 1. The van der Waals surface area contributed by atoms with Crippen molar-refractivity contribution in [2.45, 2.75) is 56.1 Å². The number of hydrogen-bond donors (Lipinski definition) is 2. The summed E-state index contributed by atoms with van der Waals surface area (Å²) in [6, 6.07) is 16.9. The average molecular weight is 691 g/mol. The molecule has 47 heavy (non-hydrogen) atoms. The first-order valence-corrected chi connectivity index (χ1v) is 17.5. The number of nitrogens with zero attached hydrogens (tertiary/aromatic N) is 2. The van der Waals surface area contributed by atoms with E-state index in [4.69, 9.17) is 11.6 Å². The zero-order valence-corrected chi connectivity index (χ0v) is 27.1. The zero-order chi connectivity index (χ0) is 33.6. The van der Waals surface area contributed by atoms with Gasteiger partial charge in [0, 0.05) is 43.0 Å². The molecule has 2 atom stereocenters. The fourth-order valence-electron chi connectivity index (χ4n) is 6.89. The van der Waals surface area contributed by atoms with Crippen LogP contribution in [0.4, 0.5) is 18.9 Å². The molecule has 6 rings (SSSR count). The minimum absolute atomic E-state index is 0.151. The van der Waals surface area contributed by atoms with Gasteiger partial charge in [0.2, 0.25) is 21.8 Å². The van der Waals surface area contributed by atoms with Gasteiger partial charge in [-0.2, -0.15) is 0 Å². The molecule has 1 spiro atoms. The summed E-state index contributed by atoms with van der Waals surface area (Å²) in [5.74, 6) is -0.983. The van der Waals surface area contributed by atoms with Gasteiger partial charge in [-0.25, -0.2) is 8.42 Å². The van der Waals surface area contributed by atoms with E-state index in [-0.39, 0.29) is 31.0 Å². The molecular formula is C33H34ClF3N4O5S. The summed E-state index contributed by atoms with van der Waals surface area (Å²) < 4.78 is 68.7. The maximum absolute atomic E-state index is 14.1. The third-order valence-electron chi connectivity index (χ3n) is 9.28. The fourth-order valence-corrected chi connectivity index (χ4v) is 8.01. The summed E-state index contributed by atoms with van der Waals surface area (Å²) in [4.78, 5) is 29.4. The van der Waals surface area contributed by atoms with Crippen molar-refractivity contribution >= 4 is 39.1 Å². The number of piperidine rings is 1. The van der Waals surface area contributed by atoms with Crippen molar-refractivity contribution in [3.05, 3.63) is 94.0 Å². The van der Waals surface area contributed by atoms with Gasteiger partial charge in [0.05, 0.1) is 18.0 Å². The molecule has 250 valence electrons. The summed E-state index contributed by atoms with van der Waals surface area (Å²) in [6.07, 6.45) is -2.05. The fraction of sp³-hybridized carbons (Fsp3) is 0.394. The monoisotopic (exact) mass is 690 g/mol. The molecule has 3 aromatic rings. The third kappa shape index (κ3) is 7.21. The summed E-state index contributed by atoms with van der Waals surface area (Å²) >= 11 is 6.08. The molecule has 2 amide bonds. The molecule has 0 aliphatic carbocycles. The Labute approximate surface area is 276 Å². The van der Waals surface area contributed by atoms with Gasteiger partial charge in [-0.15, -0.1) is 13.2 Å². The smallest absolute Gasteiger partial charge is 0.406 e. The maximum atomic E-state index is 14.1. The Kier molecular flexibility index (Phi) is 8.92. The normalized spacial score (nSPS) is 19.6. The first kappa shape index (κ1) is 33.1. The van der Waals surface area contributed by atoms with Crippen LogP contribution in [0.1, 0.15) is 35.1 Å². The van der Waals surface area contributed by atoms with Crippen molar-refractivity contribution < 1.29 is 35.9 Å². The van der Waals surface area contributed by atoms with E-state index >= 15 is 0 Å². The van der Waals surface area contributed by atoms with Crippen molar-refractivity contribution in [2.75, 3.05) is 30.2 Å². The molecule has 0 radical (unpaired) electrons. The molecular weight excluding hydrogens is 657 g/mol. The SMILES string of the molecule is CS(=O)(=O)N1CC2(CCN(C(=O)[C@H](Cc3ccc(Cl)cc3)NC(=O)[C@@H]3Cc4ccc(OC(F)(F)F)cc4CN3)CC2)c2ccccc21. The Bertz CT molecular complexity index is 1780. The molecule has 2 N–H and O–H groups in total. The number of sulfonamides is 1. The maximum Gasteiger partial charge on any atom is 0.573 e. The van der Waals surface area contributed by atoms with Crippen molar-refractivity contribution in [3.63, 3.8) is 0 Å². The number of amides is 2. The largest absolute Gasteiger partial charge is 0.573 e. The number of carbonyl (C=O) groups is 2. The number of para-hydroxylation sites is 1. The van der Waals surface area contributed by atoms with Crippen LogP contribution >= 0.6 is 11.6 Å². The number of halogens is 4. The molecule has 3 aliphatic heterocycles. The number of carbonyl (C=O) groups excluding carboxylic acids is 2. The van der Waals surface area contributed by atoms with E-state index in [1.54, 1.807) is 29.2 Å². The van der Waals surface area contributed by atoms with Gasteiger partial charge in [-0.3, -0.25) is 13.9 Å². The second-order valence-corrected chi connectivity index (χ2v) is 14.7. The second-order valence-electron chi connectivity index (χ2n) is 12.4. The van der Waals surface area contributed by atoms with E-state index in [0.29, 0.717) is 54.3 Å². The van der Waals surface area contributed by atoms with Crippen LogP contribution in [-0.2, 0) is 44.4 Å². The molecule has 0 saturated carbocycles. The quantitative estimate of drug-likeness (QED) is 0.383. The van der Waals surface area contributed by atoms with Crippen LogP contribution in [0.3, 0.4) is 0 Å². The van der Waals surface area contributed by atoms with Gasteiger partial charge in [0.1, 0.15) is 11.8 Å². The minimum Gasteiger partial charge on any atom is -0.406 e. The Morgan fingerprint density at radius 2 is 1.77 bits per heavy atom. The number of fused-ring (bicyclic) bond motifs is 3. The summed E-state index contributed by atoms with van der Waals surface area (Å²) in [5, 5.41) is 6.55. The summed E-state index contributed by atoms with van der Waals surface area (Å²) in [5.41, 5.74) is 3.32. The molecule has 0 aromatic heterocycles. The third-order valence-corrected chi connectivity index (χ3v) is 10.7. The van der Waals surface area contributed by atoms with E-state index in [2.05, 4.69) is 15.4 Å². The van der Waals surface area contributed by atoms with Gasteiger partial charge >= 0.3 is 6.36 Å². The van der Waals surface area contributed by atoms with Crippen molar-refractivity contribution in [2.24, 2.45) is 0 Å². The van der Waals surface area contributed by atoms with Crippen molar-refractivity contribution in [1.29, 1.82) is 0 Å². The predicted octanol–water partition coefficient (Wildman–Crippen LogP) is 4.32. The molecule has 3 aromatic carbocycles. The van der Waals surface area contributed by atoms with Gasteiger partial charge < -0.3 is 20.3 Å². The van der Waals surface area contributed by atoms with Crippen LogP contribution in [0, 0.1) is 0 Å². The van der Waals surface area contributed by atoms with Gasteiger partial charge in [-0.05, 0) is 71.8 Å². The first-order valence-electron chi connectivity index (χ1n) is 15.2. The number of benzene rings is 3. The van der Waals surface area contributed by atoms with Crippen LogP contribution in [0.2, 0.25) is 5.02 Å². The van der Waals surface area contributed by atoms with E-state index in [1.807, 2.05) is 24.3 Å². The number of alkyl halides is 3. The highest BCUT2D eigenvalue weighted by Crippen LogP contribution is 2.47. The molecule has 14 heteroatoms. The summed E-state index contributed by atoms with van der Waals surface area (Å²) in [7, 11) is -3.49. The number of ether oxygens (including phenoxy) is 1. The number of rotatable bonds is 7. The van der Waals surface area contributed by atoms with E-state index < -0.39 is 39.8 Å². The topological polar surface area (TPSA) is 108 Å². The van der Waals surface area contributed by atoms with Gasteiger partial charge in [-0.1, -0.05) is 48.0 Å². The van der Waals surface area contributed by atoms with E-state index in [9.17, 15) is 31.2 Å². The number of likely N-dealkylation sites (tertiary alicyclic amines) is 1. The first-order chi connectivity index (χ1) is 22.2. The van der Waals surface area contributed by atoms with Crippen molar-refractivity contribution in [1.82, 2.24) is 15.5 Å². The lowest BCUT2D eigenvalue weighted by Gasteiger charge is -2.41. The minimum atomic E-state index is -4.81. The lowest BCUT2D eigenvalue weighted by molar-refractivity contribution is -0.274. The lowest BCUT2D eigenvalue weighted by Crippen LogP contribution is -2.57. The highest BCUT2D eigenvalue weighted by Gasteiger charge is 2.48. The lowest BCUT2D eigenvalue weighted by atomic mass is 9.74. The Morgan fingerprint density at radius 1 is 1.06 bits per heavy atom. The molecule has 3 aliphatic rings. The highest BCUT2D eigenvalue weighted by molar-refractivity contribution is 7.92. The average Bonchev–Trinajstić information content (AvgIpc) is 3.35. The number of hydrogen-bond acceptors (Lipinski definition) is 6. The van der Waals surface area contributed by atoms with E-state index in [0.717, 1.165) is 11.1 Å².